The second kappa shape index (κ2) is 14.6. The maximum Gasteiger partial charge on any atom is 0.292 e. The predicted octanol–water partition coefficient (Wildman–Crippen LogP) is 4.13. The van der Waals surface area contributed by atoms with Gasteiger partial charge in [-0.2, -0.15) is 4.98 Å². The van der Waals surface area contributed by atoms with E-state index in [1.807, 2.05) is 68.4 Å². The first kappa shape index (κ1) is 32.1. The Morgan fingerprint density at radius 2 is 1.70 bits per heavy atom. The van der Waals surface area contributed by atoms with Crippen LogP contribution in [0.15, 0.2) is 89.5 Å². The van der Waals surface area contributed by atoms with Gasteiger partial charge in [-0.3, -0.25) is 14.4 Å². The topological polar surface area (TPSA) is 143 Å². The van der Waals surface area contributed by atoms with Crippen molar-refractivity contribution in [2.45, 2.75) is 57.2 Å². The molecule has 0 spiro atoms. The number of rotatable bonds is 13. The van der Waals surface area contributed by atoms with E-state index in [4.69, 9.17) is 10.3 Å². The zero-order valence-corrected chi connectivity index (χ0v) is 25.6. The van der Waals surface area contributed by atoms with Crippen molar-refractivity contribution in [3.8, 4) is 0 Å². The number of hydrogen-bond acceptors (Lipinski definition) is 7. The molecule has 1 aromatic heterocycles. The summed E-state index contributed by atoms with van der Waals surface area (Å²) < 4.78 is 5.48. The Labute approximate surface area is 257 Å². The number of aryl methyl sites for hydroxylation is 1. The van der Waals surface area contributed by atoms with E-state index in [1.54, 1.807) is 13.1 Å². The second-order valence-corrected chi connectivity index (χ2v) is 11.6. The summed E-state index contributed by atoms with van der Waals surface area (Å²) in [6.45, 7) is 3.75. The van der Waals surface area contributed by atoms with E-state index >= 15 is 0 Å². The van der Waals surface area contributed by atoms with Crippen molar-refractivity contribution in [1.82, 2.24) is 25.7 Å². The monoisotopic (exact) mass is 596 g/mol. The van der Waals surface area contributed by atoms with Crippen LogP contribution in [0, 0.1) is 0 Å². The van der Waals surface area contributed by atoms with Gasteiger partial charge in [-0.05, 0) is 61.1 Å². The van der Waals surface area contributed by atoms with Gasteiger partial charge < -0.3 is 25.8 Å². The van der Waals surface area contributed by atoms with Gasteiger partial charge in [0.2, 0.25) is 17.7 Å². The van der Waals surface area contributed by atoms with Gasteiger partial charge in [-0.1, -0.05) is 84.0 Å². The first-order valence-electron chi connectivity index (χ1n) is 14.6. The standard InChI is InChI=1S/C34H40N6O4/c1-34(2,35)20-10-15-29(41)37-27(19-17-24-16-18-25-13-8-9-14-26(25)21-24)33(43)40(4)28(22-23-11-6-5-7-12-23)32-38-30(39-44-32)31(42)36-3/h5-16,18,21,27-28H,17,19-20,22,35H2,1-4H3,(H,36,42)(H,37,41). The Kier molecular flexibility index (Phi) is 10.6. The number of nitrogens with two attached hydrogens (primary N) is 1. The molecule has 2 atom stereocenters. The quantitative estimate of drug-likeness (QED) is 0.197. The van der Waals surface area contributed by atoms with Crippen LogP contribution in [0.2, 0.25) is 0 Å². The Morgan fingerprint density at radius 1 is 1.00 bits per heavy atom. The number of nitrogens with zero attached hydrogens (tertiary/aromatic N) is 3. The van der Waals surface area contributed by atoms with Gasteiger partial charge in [-0.25, -0.2) is 0 Å². The van der Waals surface area contributed by atoms with Crippen molar-refractivity contribution in [2.24, 2.45) is 5.73 Å². The van der Waals surface area contributed by atoms with Crippen molar-refractivity contribution < 1.29 is 18.9 Å². The van der Waals surface area contributed by atoms with Crippen LogP contribution in [0.1, 0.15) is 60.4 Å². The second-order valence-electron chi connectivity index (χ2n) is 11.6. The highest BCUT2D eigenvalue weighted by Crippen LogP contribution is 2.25. The molecule has 0 radical (unpaired) electrons. The lowest BCUT2D eigenvalue weighted by Gasteiger charge is -2.30. The Balaban J connectivity index is 1.60. The summed E-state index contributed by atoms with van der Waals surface area (Å²) in [7, 11) is 3.11. The molecule has 4 N–H and O–H groups in total. The molecule has 10 heteroatoms. The summed E-state index contributed by atoms with van der Waals surface area (Å²) in [5, 5.41) is 11.4. The largest absolute Gasteiger partial charge is 0.352 e. The highest BCUT2D eigenvalue weighted by atomic mass is 16.5. The van der Waals surface area contributed by atoms with Crippen LogP contribution in [-0.2, 0) is 22.4 Å². The molecule has 0 aliphatic carbocycles. The summed E-state index contributed by atoms with van der Waals surface area (Å²) in [5.74, 6) is -1.23. The molecule has 4 rings (SSSR count). The minimum atomic E-state index is -0.853. The number of carbonyl (C=O) groups is 3. The summed E-state index contributed by atoms with van der Waals surface area (Å²) in [6, 6.07) is 22.3. The summed E-state index contributed by atoms with van der Waals surface area (Å²) in [6.07, 6.45) is 4.89. The van der Waals surface area contributed by atoms with E-state index < -0.39 is 23.5 Å². The van der Waals surface area contributed by atoms with Crippen molar-refractivity contribution in [1.29, 1.82) is 0 Å². The molecule has 10 nitrogen and oxygen atoms in total. The van der Waals surface area contributed by atoms with E-state index in [9.17, 15) is 14.4 Å². The fraction of sp³-hybridized carbons (Fsp3) is 0.324. The predicted molar refractivity (Wildman–Crippen MR) is 170 cm³/mol. The number of likely N-dealkylation sites (N-methyl/N-ethyl adjacent to an activating group) is 1. The zero-order chi connectivity index (χ0) is 31.7. The normalized spacial score (nSPS) is 13.0. The molecular formula is C34H40N6O4. The molecule has 0 saturated heterocycles. The number of amides is 3. The van der Waals surface area contributed by atoms with Gasteiger partial charge in [0.1, 0.15) is 12.1 Å². The van der Waals surface area contributed by atoms with E-state index in [0.29, 0.717) is 25.7 Å². The maximum atomic E-state index is 14.1. The van der Waals surface area contributed by atoms with Gasteiger partial charge in [-0.15, -0.1) is 0 Å². The van der Waals surface area contributed by atoms with Gasteiger partial charge >= 0.3 is 0 Å². The molecule has 2 unspecified atom stereocenters. The highest BCUT2D eigenvalue weighted by Gasteiger charge is 2.33. The van der Waals surface area contributed by atoms with Gasteiger partial charge in [0.15, 0.2) is 0 Å². The average Bonchev–Trinajstić information content (AvgIpc) is 3.50. The third kappa shape index (κ3) is 8.84. The number of nitrogens with one attached hydrogen (secondary N) is 2. The van der Waals surface area contributed by atoms with Crippen LogP contribution in [0.4, 0.5) is 0 Å². The minimum Gasteiger partial charge on any atom is -0.352 e. The number of hydrogen-bond donors (Lipinski definition) is 3. The van der Waals surface area contributed by atoms with E-state index in [-0.39, 0.29) is 23.5 Å². The Morgan fingerprint density at radius 3 is 2.41 bits per heavy atom. The van der Waals surface area contributed by atoms with Gasteiger partial charge in [0.05, 0.1) is 0 Å². The summed E-state index contributed by atoms with van der Waals surface area (Å²) in [4.78, 5) is 45.1. The smallest absolute Gasteiger partial charge is 0.292 e. The minimum absolute atomic E-state index is 0.119. The highest BCUT2D eigenvalue weighted by molar-refractivity contribution is 5.93. The van der Waals surface area contributed by atoms with E-state index in [2.05, 4.69) is 39.0 Å². The maximum absolute atomic E-state index is 14.1. The lowest BCUT2D eigenvalue weighted by atomic mass is 9.99. The van der Waals surface area contributed by atoms with E-state index in [1.165, 1.54) is 18.0 Å². The van der Waals surface area contributed by atoms with Crippen molar-refractivity contribution in [3.05, 3.63) is 108 Å². The molecule has 0 aliphatic rings. The molecule has 0 saturated carbocycles. The van der Waals surface area contributed by atoms with Crippen molar-refractivity contribution in [2.75, 3.05) is 14.1 Å². The lowest BCUT2D eigenvalue weighted by molar-refractivity contribution is -0.137. The molecule has 3 amide bonds. The molecule has 4 aromatic rings. The fourth-order valence-corrected chi connectivity index (χ4v) is 4.85. The number of benzene rings is 3. The molecule has 0 aliphatic heterocycles. The molecule has 230 valence electrons. The summed E-state index contributed by atoms with van der Waals surface area (Å²) >= 11 is 0. The van der Waals surface area contributed by atoms with Gasteiger partial charge in [0, 0.05) is 26.1 Å². The Hall–Kier alpha value is -4.83. The number of carbonyl (C=O) groups excluding carboxylic acids is 3. The molecule has 3 aromatic carbocycles. The Bertz CT molecular complexity index is 1610. The van der Waals surface area contributed by atoms with Crippen LogP contribution < -0.4 is 16.4 Å². The molecule has 44 heavy (non-hydrogen) atoms. The molecule has 1 heterocycles. The molecule has 0 fully saturated rings. The zero-order valence-electron chi connectivity index (χ0n) is 25.6. The third-order valence-corrected chi connectivity index (χ3v) is 7.31. The van der Waals surface area contributed by atoms with E-state index in [0.717, 1.165) is 21.9 Å². The SMILES string of the molecule is CNC(=O)c1noc(C(Cc2ccccc2)N(C)C(=O)C(CCc2ccc3ccccc3c2)NC(=O)C=CCC(C)(C)N)n1. The number of aromatic nitrogens is 2. The van der Waals surface area contributed by atoms with Crippen LogP contribution in [-0.4, -0.2) is 58.4 Å². The molecule has 0 bridgehead atoms. The van der Waals surface area contributed by atoms with Crippen LogP contribution in [0.25, 0.3) is 10.8 Å². The van der Waals surface area contributed by atoms with Crippen LogP contribution in [0.3, 0.4) is 0 Å². The third-order valence-electron chi connectivity index (χ3n) is 7.31. The first-order chi connectivity index (χ1) is 21.0. The fourth-order valence-electron chi connectivity index (χ4n) is 4.85. The summed E-state index contributed by atoms with van der Waals surface area (Å²) in [5.41, 5.74) is 7.57. The first-order valence-corrected chi connectivity index (χ1v) is 14.6. The van der Waals surface area contributed by atoms with Crippen LogP contribution >= 0.6 is 0 Å². The van der Waals surface area contributed by atoms with Crippen molar-refractivity contribution in [3.63, 3.8) is 0 Å². The average molecular weight is 597 g/mol. The van der Waals surface area contributed by atoms with Crippen molar-refractivity contribution >= 4 is 28.5 Å². The molecular weight excluding hydrogens is 556 g/mol. The lowest BCUT2D eigenvalue weighted by Crippen LogP contribution is -2.48. The van der Waals surface area contributed by atoms with Crippen LogP contribution in [0.5, 0.6) is 0 Å². The van der Waals surface area contributed by atoms with Gasteiger partial charge in [0.25, 0.3) is 11.7 Å². The number of fused-ring (bicyclic) bond motifs is 1.